The highest BCUT2D eigenvalue weighted by Crippen LogP contribution is 2.46. The molecule has 9 nitrogen and oxygen atoms in total. The molecule has 10 heteroatoms. The summed E-state index contributed by atoms with van der Waals surface area (Å²) >= 11 is 1.65. The van der Waals surface area contributed by atoms with E-state index in [0.29, 0.717) is 13.1 Å². The maximum absolute atomic E-state index is 11.1. The van der Waals surface area contributed by atoms with Gasteiger partial charge < -0.3 is 19.7 Å². The molecule has 0 aromatic carbocycles. The van der Waals surface area contributed by atoms with E-state index < -0.39 is 6.09 Å². The lowest BCUT2D eigenvalue weighted by Gasteiger charge is -2.33. The first-order valence-electron chi connectivity index (χ1n) is 12.5. The van der Waals surface area contributed by atoms with Crippen LogP contribution < -0.4 is 5.32 Å². The molecule has 0 spiro atoms. The third-order valence-corrected chi connectivity index (χ3v) is 8.56. The number of amides is 1. The molecule has 0 radical (unpaired) electrons. The van der Waals surface area contributed by atoms with Crippen LogP contribution in [0.15, 0.2) is 29.3 Å². The fraction of sp³-hybridized carbons (Fsp3) is 0.462. The summed E-state index contributed by atoms with van der Waals surface area (Å²) < 4.78 is 6.43. The minimum absolute atomic E-state index is 0.224. The molecule has 1 fully saturated rings. The molecule has 2 N–H and O–H groups in total. The zero-order valence-electron chi connectivity index (χ0n) is 20.6. The van der Waals surface area contributed by atoms with Gasteiger partial charge >= 0.3 is 6.09 Å². The van der Waals surface area contributed by atoms with Crippen LogP contribution in [0.1, 0.15) is 31.4 Å². The first-order valence-corrected chi connectivity index (χ1v) is 13.3. The fourth-order valence-corrected chi connectivity index (χ4v) is 6.59. The Hall–Kier alpha value is -3.24. The van der Waals surface area contributed by atoms with Crippen molar-refractivity contribution in [3.8, 4) is 11.3 Å². The van der Waals surface area contributed by atoms with Crippen molar-refractivity contribution < 1.29 is 14.3 Å². The summed E-state index contributed by atoms with van der Waals surface area (Å²) in [6, 6.07) is 1.99. The average Bonchev–Trinajstić information content (AvgIpc) is 3.52. The molecule has 1 saturated heterocycles. The minimum Gasteiger partial charge on any atom is -0.472 e. The largest absolute Gasteiger partial charge is 0.472 e. The standard InChI is InChI=1S/C26H30N6O3S/c1-26(2)5-3-17-18(13-26)19-21-22(36-24(19)30-20(17)16-4-12-35-14-16)23(29-15-28-21)27-6-7-31-8-10-32(11-9-31)25(33)34/h4,12,14-15H,3,5-11,13H2,1-2H3,(H,33,34)(H,27,28,29). The van der Waals surface area contributed by atoms with Gasteiger partial charge in [-0.3, -0.25) is 4.90 Å². The normalized spacial score (nSPS) is 18.0. The molecule has 5 heterocycles. The van der Waals surface area contributed by atoms with Gasteiger partial charge in [0.15, 0.2) is 0 Å². The Balaban J connectivity index is 1.32. The van der Waals surface area contributed by atoms with Gasteiger partial charge in [0.1, 0.15) is 17.0 Å². The average molecular weight is 507 g/mol. The lowest BCUT2D eigenvalue weighted by Crippen LogP contribution is -2.49. The van der Waals surface area contributed by atoms with E-state index in [2.05, 4.69) is 29.0 Å². The van der Waals surface area contributed by atoms with Crippen LogP contribution in [0.3, 0.4) is 0 Å². The summed E-state index contributed by atoms with van der Waals surface area (Å²) in [4.78, 5) is 30.3. The van der Waals surface area contributed by atoms with Crippen molar-refractivity contribution in [1.82, 2.24) is 24.8 Å². The van der Waals surface area contributed by atoms with Crippen LogP contribution in [0, 0.1) is 5.41 Å². The highest BCUT2D eigenvalue weighted by atomic mass is 32.1. The Morgan fingerprint density at radius 1 is 1.22 bits per heavy atom. The third kappa shape index (κ3) is 4.18. The number of furan rings is 1. The number of hydrogen-bond acceptors (Lipinski definition) is 8. The molecule has 0 unspecified atom stereocenters. The molecule has 1 aliphatic heterocycles. The second-order valence-electron chi connectivity index (χ2n) is 10.5. The van der Waals surface area contributed by atoms with E-state index in [9.17, 15) is 4.79 Å². The van der Waals surface area contributed by atoms with Crippen LogP contribution >= 0.6 is 11.3 Å². The van der Waals surface area contributed by atoms with Gasteiger partial charge in [-0.15, -0.1) is 11.3 Å². The molecule has 4 aromatic rings. The van der Waals surface area contributed by atoms with E-state index in [1.165, 1.54) is 21.4 Å². The van der Waals surface area contributed by atoms with E-state index in [4.69, 9.17) is 19.5 Å². The first-order chi connectivity index (χ1) is 17.4. The quantitative estimate of drug-likeness (QED) is 0.400. The van der Waals surface area contributed by atoms with E-state index >= 15 is 0 Å². The van der Waals surface area contributed by atoms with Crippen LogP contribution in [-0.2, 0) is 12.8 Å². The highest BCUT2D eigenvalue weighted by Gasteiger charge is 2.31. The molecule has 0 saturated carbocycles. The number of anilines is 1. The first kappa shape index (κ1) is 23.2. The number of nitrogens with zero attached hydrogens (tertiary/aromatic N) is 5. The van der Waals surface area contributed by atoms with Crippen LogP contribution in [0.2, 0.25) is 0 Å². The summed E-state index contributed by atoms with van der Waals surface area (Å²) in [6.45, 7) is 8.84. The second kappa shape index (κ2) is 9.01. The maximum Gasteiger partial charge on any atom is 0.407 e. The predicted octanol–water partition coefficient (Wildman–Crippen LogP) is 4.72. The number of pyridine rings is 1. The molecule has 2 aliphatic rings. The summed E-state index contributed by atoms with van der Waals surface area (Å²) in [6.07, 6.45) is 7.41. The number of hydrogen-bond donors (Lipinski definition) is 2. The number of carboxylic acid groups (broad SMARTS) is 1. The molecule has 1 aliphatic carbocycles. The van der Waals surface area contributed by atoms with Gasteiger partial charge in [0.2, 0.25) is 0 Å². The van der Waals surface area contributed by atoms with Gasteiger partial charge in [-0.25, -0.2) is 19.7 Å². The monoisotopic (exact) mass is 506 g/mol. The fourth-order valence-electron chi connectivity index (χ4n) is 5.46. The van der Waals surface area contributed by atoms with Crippen LogP contribution in [0.4, 0.5) is 10.6 Å². The third-order valence-electron chi connectivity index (χ3n) is 7.48. The van der Waals surface area contributed by atoms with Crippen molar-refractivity contribution in [1.29, 1.82) is 0 Å². The van der Waals surface area contributed by atoms with Gasteiger partial charge in [0, 0.05) is 50.2 Å². The molecular weight excluding hydrogens is 476 g/mol. The molecule has 4 aromatic heterocycles. The lowest BCUT2D eigenvalue weighted by molar-refractivity contribution is 0.107. The van der Waals surface area contributed by atoms with Gasteiger partial charge in [0.05, 0.1) is 28.4 Å². The summed E-state index contributed by atoms with van der Waals surface area (Å²) in [5, 5.41) is 13.8. The van der Waals surface area contributed by atoms with Crippen molar-refractivity contribution in [2.75, 3.05) is 44.6 Å². The predicted molar refractivity (Wildman–Crippen MR) is 141 cm³/mol. The maximum atomic E-state index is 11.1. The second-order valence-corrected chi connectivity index (χ2v) is 11.5. The minimum atomic E-state index is -0.837. The molecule has 0 atom stereocenters. The Morgan fingerprint density at radius 2 is 2.06 bits per heavy atom. The van der Waals surface area contributed by atoms with Gasteiger partial charge in [-0.05, 0) is 41.9 Å². The Kier molecular flexibility index (Phi) is 5.80. The van der Waals surface area contributed by atoms with E-state index in [-0.39, 0.29) is 5.41 Å². The molecule has 0 bridgehead atoms. The van der Waals surface area contributed by atoms with E-state index in [0.717, 1.165) is 77.6 Å². The smallest absolute Gasteiger partial charge is 0.407 e. The SMILES string of the molecule is CC1(C)CCc2c(-c3ccoc3)nc3sc4c(NCCN5CCN(C(=O)O)CC5)ncnc4c3c2C1. The number of aromatic nitrogens is 3. The number of thiophene rings is 1. The van der Waals surface area contributed by atoms with Crippen LogP contribution in [0.5, 0.6) is 0 Å². The topological polar surface area (TPSA) is 108 Å². The number of carbonyl (C=O) groups is 1. The van der Waals surface area contributed by atoms with Crippen molar-refractivity contribution >= 4 is 43.7 Å². The molecular formula is C26H30N6O3S. The van der Waals surface area contributed by atoms with Crippen molar-refractivity contribution in [3.05, 3.63) is 36.0 Å². The Bertz CT molecular complexity index is 1420. The number of nitrogens with one attached hydrogen (secondary N) is 1. The Morgan fingerprint density at radius 3 is 2.81 bits per heavy atom. The molecule has 188 valence electrons. The van der Waals surface area contributed by atoms with E-state index in [1.807, 2.05) is 6.07 Å². The number of fused-ring (bicyclic) bond motifs is 5. The van der Waals surface area contributed by atoms with Crippen LogP contribution in [0.25, 0.3) is 31.7 Å². The molecule has 6 rings (SSSR count). The van der Waals surface area contributed by atoms with Gasteiger partial charge in [-0.1, -0.05) is 13.8 Å². The summed E-state index contributed by atoms with van der Waals surface area (Å²) in [7, 11) is 0. The molecule has 36 heavy (non-hydrogen) atoms. The molecule has 1 amide bonds. The van der Waals surface area contributed by atoms with Crippen LogP contribution in [-0.4, -0.2) is 75.2 Å². The zero-order chi connectivity index (χ0) is 24.9. The van der Waals surface area contributed by atoms with Crippen molar-refractivity contribution in [3.63, 3.8) is 0 Å². The zero-order valence-corrected chi connectivity index (χ0v) is 21.4. The van der Waals surface area contributed by atoms with E-state index in [1.54, 1.807) is 30.2 Å². The lowest BCUT2D eigenvalue weighted by atomic mass is 9.73. The van der Waals surface area contributed by atoms with Gasteiger partial charge in [-0.2, -0.15) is 0 Å². The number of piperazine rings is 1. The summed E-state index contributed by atoms with van der Waals surface area (Å²) in [5.74, 6) is 0.834. The summed E-state index contributed by atoms with van der Waals surface area (Å²) in [5.41, 5.74) is 5.93. The highest BCUT2D eigenvalue weighted by molar-refractivity contribution is 7.26. The van der Waals surface area contributed by atoms with Gasteiger partial charge in [0.25, 0.3) is 0 Å². The Labute approximate surface area is 213 Å². The van der Waals surface area contributed by atoms with Crippen molar-refractivity contribution in [2.45, 2.75) is 33.1 Å². The number of rotatable bonds is 5. The van der Waals surface area contributed by atoms with Crippen molar-refractivity contribution in [2.24, 2.45) is 5.41 Å².